The lowest BCUT2D eigenvalue weighted by Crippen LogP contribution is -2.43. The third-order valence-electron chi connectivity index (χ3n) is 5.19. The molecule has 4 N–H and O–H groups in total. The first-order valence-electron chi connectivity index (χ1n) is 9.71. The molecule has 152 valence electrons. The van der Waals surface area contributed by atoms with E-state index >= 15 is 0 Å². The van der Waals surface area contributed by atoms with Gasteiger partial charge in [0.25, 0.3) is 5.91 Å². The lowest BCUT2D eigenvalue weighted by Gasteiger charge is -2.29. The maximum absolute atomic E-state index is 12.6. The second kappa shape index (κ2) is 8.57. The van der Waals surface area contributed by atoms with Crippen LogP contribution in [0.3, 0.4) is 0 Å². The number of nitrogens with zero attached hydrogens (tertiary/aromatic N) is 2. The van der Waals surface area contributed by atoms with Crippen molar-refractivity contribution >= 4 is 50.4 Å². The Kier molecular flexibility index (Phi) is 5.89. The summed E-state index contributed by atoms with van der Waals surface area (Å²) in [6.45, 7) is 6.58. The number of rotatable bonds is 5. The summed E-state index contributed by atoms with van der Waals surface area (Å²) in [4.78, 5) is 20.5. The fourth-order valence-corrected chi connectivity index (χ4v) is 5.02. The number of aromatic nitrogens is 1. The van der Waals surface area contributed by atoms with Crippen LogP contribution >= 0.6 is 22.9 Å². The van der Waals surface area contributed by atoms with Gasteiger partial charge in [-0.1, -0.05) is 23.7 Å². The molecular formula is C21H24ClN5OS. The zero-order valence-electron chi connectivity index (χ0n) is 16.3. The average molecular weight is 430 g/mol. The highest BCUT2D eigenvalue weighted by Crippen LogP contribution is 2.35. The summed E-state index contributed by atoms with van der Waals surface area (Å²) in [5, 5.41) is 7.56. The Bertz CT molecular complexity index is 1030. The van der Waals surface area contributed by atoms with Crippen LogP contribution in [0.5, 0.6) is 0 Å². The highest BCUT2D eigenvalue weighted by atomic mass is 35.5. The first-order valence-corrected chi connectivity index (χ1v) is 10.9. The van der Waals surface area contributed by atoms with Crippen LogP contribution in [0.4, 0.5) is 11.4 Å². The number of carbonyl (C=O) groups excluding carboxylic acids is 1. The fraction of sp³-hybridized carbons (Fsp3) is 0.333. The molecule has 2 aromatic heterocycles. The van der Waals surface area contributed by atoms with Crippen LogP contribution in [0.1, 0.15) is 20.8 Å². The van der Waals surface area contributed by atoms with Crippen LogP contribution in [0.2, 0.25) is 5.15 Å². The lowest BCUT2D eigenvalue weighted by molar-refractivity contribution is 0.0959. The Labute approximate surface area is 179 Å². The van der Waals surface area contributed by atoms with Crippen LogP contribution in [0.25, 0.3) is 10.2 Å². The first kappa shape index (κ1) is 19.9. The van der Waals surface area contributed by atoms with Gasteiger partial charge in [0, 0.05) is 43.8 Å². The highest BCUT2D eigenvalue weighted by Gasteiger charge is 2.19. The first-order chi connectivity index (χ1) is 14.0. The number of carbonyl (C=O) groups is 1. The minimum Gasteiger partial charge on any atom is -0.397 e. The number of anilines is 2. The topological polar surface area (TPSA) is 83.3 Å². The number of nitrogens with two attached hydrogens (primary N) is 1. The molecule has 0 bridgehead atoms. The molecule has 1 aliphatic heterocycles. The molecule has 1 amide bonds. The largest absolute Gasteiger partial charge is 0.397 e. The quantitative estimate of drug-likeness (QED) is 0.542. The molecule has 3 heterocycles. The SMILES string of the molecule is Cc1cc(Cl)nc2sc(C(=O)NCCc3ccc(N4CCNCC4)cc3)c(N)c12. The van der Waals surface area contributed by atoms with Crippen molar-refractivity contribution in [2.45, 2.75) is 13.3 Å². The molecule has 3 aromatic rings. The number of piperazine rings is 1. The molecule has 29 heavy (non-hydrogen) atoms. The van der Waals surface area contributed by atoms with E-state index in [1.807, 2.05) is 6.92 Å². The van der Waals surface area contributed by atoms with Crippen LogP contribution in [0, 0.1) is 6.92 Å². The van der Waals surface area contributed by atoms with Crippen molar-refractivity contribution in [2.24, 2.45) is 0 Å². The second-order valence-corrected chi connectivity index (χ2v) is 8.58. The summed E-state index contributed by atoms with van der Waals surface area (Å²) >= 11 is 7.31. The van der Waals surface area contributed by atoms with Gasteiger partial charge in [-0.25, -0.2) is 4.98 Å². The van der Waals surface area contributed by atoms with Crippen molar-refractivity contribution in [1.29, 1.82) is 0 Å². The predicted molar refractivity (Wildman–Crippen MR) is 121 cm³/mol. The number of hydrogen-bond donors (Lipinski definition) is 3. The van der Waals surface area contributed by atoms with Crippen LogP contribution < -0.4 is 21.3 Å². The van der Waals surface area contributed by atoms with Gasteiger partial charge in [0.15, 0.2) is 0 Å². The van der Waals surface area contributed by atoms with Gasteiger partial charge in [0.2, 0.25) is 0 Å². The van der Waals surface area contributed by atoms with E-state index in [4.69, 9.17) is 17.3 Å². The highest BCUT2D eigenvalue weighted by molar-refractivity contribution is 7.21. The van der Waals surface area contributed by atoms with Gasteiger partial charge in [-0.2, -0.15) is 0 Å². The standard InChI is InChI=1S/C21H24ClN5OS/c1-13-12-16(22)26-21-17(13)18(23)19(29-21)20(28)25-7-6-14-2-4-15(5-3-14)27-10-8-24-9-11-27/h2-5,12,24H,6-11,23H2,1H3,(H,25,28). The Morgan fingerprint density at radius 3 is 2.76 bits per heavy atom. The number of thiophene rings is 1. The van der Waals surface area contributed by atoms with Crippen molar-refractivity contribution < 1.29 is 4.79 Å². The van der Waals surface area contributed by atoms with Crippen LogP contribution in [-0.4, -0.2) is 43.6 Å². The van der Waals surface area contributed by atoms with Gasteiger partial charge in [0.05, 0.1) is 5.69 Å². The summed E-state index contributed by atoms with van der Waals surface area (Å²) in [5.41, 5.74) is 10.1. The third kappa shape index (κ3) is 4.32. The number of nitrogens with one attached hydrogen (secondary N) is 2. The third-order valence-corrected chi connectivity index (χ3v) is 6.48. The number of pyridine rings is 1. The number of halogens is 1. The van der Waals surface area contributed by atoms with Crippen molar-refractivity contribution in [3.63, 3.8) is 0 Å². The number of benzene rings is 1. The molecular weight excluding hydrogens is 406 g/mol. The minimum atomic E-state index is -0.168. The van der Waals surface area contributed by atoms with Crippen molar-refractivity contribution in [2.75, 3.05) is 43.4 Å². The molecule has 0 spiro atoms. The number of fused-ring (bicyclic) bond motifs is 1. The molecule has 0 unspecified atom stereocenters. The predicted octanol–water partition coefficient (Wildman–Crippen LogP) is 3.22. The molecule has 0 aliphatic carbocycles. The van der Waals surface area contributed by atoms with E-state index < -0.39 is 0 Å². The molecule has 0 radical (unpaired) electrons. The van der Waals surface area contributed by atoms with E-state index in [1.54, 1.807) is 6.07 Å². The second-order valence-electron chi connectivity index (χ2n) is 7.20. The maximum Gasteiger partial charge on any atom is 0.263 e. The van der Waals surface area contributed by atoms with Gasteiger partial charge in [-0.3, -0.25) is 4.79 Å². The number of amides is 1. The van der Waals surface area contributed by atoms with Crippen molar-refractivity contribution in [3.05, 3.63) is 51.5 Å². The zero-order valence-corrected chi connectivity index (χ0v) is 17.9. The summed E-state index contributed by atoms with van der Waals surface area (Å²) < 4.78 is 0. The van der Waals surface area contributed by atoms with Crippen LogP contribution in [0.15, 0.2) is 30.3 Å². The monoisotopic (exact) mass is 429 g/mol. The molecule has 1 aliphatic rings. The average Bonchev–Trinajstić information content (AvgIpc) is 3.05. The molecule has 8 heteroatoms. The Balaban J connectivity index is 1.37. The van der Waals surface area contributed by atoms with E-state index in [0.717, 1.165) is 43.5 Å². The summed E-state index contributed by atoms with van der Waals surface area (Å²) in [6, 6.07) is 10.3. The van der Waals surface area contributed by atoms with E-state index in [2.05, 4.69) is 44.8 Å². The number of hydrogen-bond acceptors (Lipinski definition) is 6. The van der Waals surface area contributed by atoms with Crippen molar-refractivity contribution in [1.82, 2.24) is 15.6 Å². The van der Waals surface area contributed by atoms with Gasteiger partial charge >= 0.3 is 0 Å². The summed E-state index contributed by atoms with van der Waals surface area (Å²) in [5.74, 6) is -0.168. The molecule has 4 rings (SSSR count). The lowest BCUT2D eigenvalue weighted by atomic mass is 10.1. The zero-order chi connectivity index (χ0) is 20.4. The minimum absolute atomic E-state index is 0.168. The van der Waals surface area contributed by atoms with E-state index in [1.165, 1.54) is 22.6 Å². The van der Waals surface area contributed by atoms with Crippen LogP contribution in [-0.2, 0) is 6.42 Å². The summed E-state index contributed by atoms with van der Waals surface area (Å²) in [6.07, 6.45) is 0.765. The molecule has 1 fully saturated rings. The molecule has 6 nitrogen and oxygen atoms in total. The normalized spacial score (nSPS) is 14.3. The van der Waals surface area contributed by atoms with Gasteiger partial charge in [-0.05, 0) is 42.7 Å². The molecule has 0 atom stereocenters. The number of nitrogen functional groups attached to an aromatic ring is 1. The fourth-order valence-electron chi connectivity index (χ4n) is 3.64. The summed E-state index contributed by atoms with van der Waals surface area (Å²) in [7, 11) is 0. The number of aryl methyl sites for hydroxylation is 1. The smallest absolute Gasteiger partial charge is 0.263 e. The Hall–Kier alpha value is -2.35. The van der Waals surface area contributed by atoms with E-state index in [9.17, 15) is 4.79 Å². The maximum atomic E-state index is 12.6. The molecule has 1 aromatic carbocycles. The Morgan fingerprint density at radius 2 is 2.03 bits per heavy atom. The van der Waals surface area contributed by atoms with E-state index in [-0.39, 0.29) is 5.91 Å². The van der Waals surface area contributed by atoms with Gasteiger partial charge in [0.1, 0.15) is 14.9 Å². The molecule has 0 saturated carbocycles. The van der Waals surface area contributed by atoms with Gasteiger partial charge < -0.3 is 21.3 Å². The van der Waals surface area contributed by atoms with E-state index in [0.29, 0.717) is 27.1 Å². The van der Waals surface area contributed by atoms with Gasteiger partial charge in [-0.15, -0.1) is 11.3 Å². The van der Waals surface area contributed by atoms with Crippen molar-refractivity contribution in [3.8, 4) is 0 Å². The molecule has 1 saturated heterocycles. The Morgan fingerprint density at radius 1 is 1.31 bits per heavy atom.